The highest BCUT2D eigenvalue weighted by atomic mass is 16.7. The Balaban J connectivity index is 1.80. The molecule has 2 aromatic rings. The first-order valence-electron chi connectivity index (χ1n) is 11.3. The van der Waals surface area contributed by atoms with Crippen molar-refractivity contribution < 1.29 is 42.9 Å². The van der Waals surface area contributed by atoms with E-state index >= 15 is 0 Å². The second-order valence-corrected chi connectivity index (χ2v) is 8.42. The molecule has 0 bridgehead atoms. The topological polar surface area (TPSA) is 139 Å². The summed E-state index contributed by atoms with van der Waals surface area (Å²) in [6, 6.07) is 11.4. The van der Waals surface area contributed by atoms with Gasteiger partial charge in [0, 0.05) is 38.8 Å². The van der Waals surface area contributed by atoms with E-state index in [2.05, 4.69) is 5.32 Å². The first-order chi connectivity index (χ1) is 17.1. The van der Waals surface area contributed by atoms with Gasteiger partial charge in [-0.15, -0.1) is 0 Å². The van der Waals surface area contributed by atoms with Gasteiger partial charge in [-0.3, -0.25) is 19.2 Å². The summed E-state index contributed by atoms with van der Waals surface area (Å²) in [7, 11) is 0. The van der Waals surface area contributed by atoms with Crippen LogP contribution in [0.25, 0.3) is 10.8 Å². The van der Waals surface area contributed by atoms with E-state index in [1.54, 1.807) is 0 Å². The van der Waals surface area contributed by atoms with Gasteiger partial charge >= 0.3 is 23.9 Å². The SMILES string of the molecule is CC(=O)OC[C@H]1O[C@H](C2=Nc3cccc4cccc(c34)N2)[C@@H](OC(C)=O)[C@@H](OC(C)=O)[C@@H]1OC(C)=O. The number of rotatable bonds is 6. The lowest BCUT2D eigenvalue weighted by Gasteiger charge is -2.45. The van der Waals surface area contributed by atoms with Gasteiger partial charge in [-0.05, 0) is 17.5 Å². The molecule has 2 aliphatic rings. The number of anilines is 1. The van der Waals surface area contributed by atoms with Crippen molar-refractivity contribution in [2.75, 3.05) is 11.9 Å². The van der Waals surface area contributed by atoms with Gasteiger partial charge in [0.25, 0.3) is 0 Å². The van der Waals surface area contributed by atoms with Crippen LogP contribution in [0.4, 0.5) is 11.4 Å². The number of nitrogens with one attached hydrogen (secondary N) is 1. The summed E-state index contributed by atoms with van der Waals surface area (Å²) in [6.07, 6.45) is -5.89. The molecule has 2 heterocycles. The van der Waals surface area contributed by atoms with Gasteiger partial charge in [0.05, 0.1) is 5.69 Å². The van der Waals surface area contributed by atoms with Gasteiger partial charge in [-0.2, -0.15) is 0 Å². The fraction of sp³-hybridized carbons (Fsp3) is 0.400. The van der Waals surface area contributed by atoms with Crippen LogP contribution in [0.2, 0.25) is 0 Å². The number of hydrogen-bond donors (Lipinski definition) is 1. The van der Waals surface area contributed by atoms with Gasteiger partial charge < -0.3 is 29.0 Å². The summed E-state index contributed by atoms with van der Waals surface area (Å²) in [5, 5.41) is 5.10. The molecule has 190 valence electrons. The lowest BCUT2D eigenvalue weighted by atomic mass is 9.92. The number of carbonyl (C=O) groups excluding carboxylic acids is 4. The van der Waals surface area contributed by atoms with Gasteiger partial charge in [-0.1, -0.05) is 24.3 Å². The molecule has 0 saturated carbocycles. The van der Waals surface area contributed by atoms with Crippen LogP contribution in [0.5, 0.6) is 0 Å². The Morgan fingerprint density at radius 2 is 1.44 bits per heavy atom. The molecule has 1 N–H and O–H groups in total. The molecule has 0 amide bonds. The third kappa shape index (κ3) is 5.30. The van der Waals surface area contributed by atoms with Crippen LogP contribution in [0.1, 0.15) is 27.7 Å². The Morgan fingerprint density at radius 3 is 2.08 bits per heavy atom. The van der Waals surface area contributed by atoms with Crippen LogP contribution in [0, 0.1) is 0 Å². The lowest BCUT2D eigenvalue weighted by molar-refractivity contribution is -0.241. The van der Waals surface area contributed by atoms with Crippen LogP contribution in [-0.4, -0.2) is 66.8 Å². The van der Waals surface area contributed by atoms with Crippen molar-refractivity contribution in [3.8, 4) is 0 Å². The minimum atomic E-state index is -1.27. The minimum absolute atomic E-state index is 0.277. The van der Waals surface area contributed by atoms with Gasteiger partial charge in [0.1, 0.15) is 18.5 Å². The molecule has 0 spiro atoms. The summed E-state index contributed by atoms with van der Waals surface area (Å²) >= 11 is 0. The van der Waals surface area contributed by atoms with Crippen molar-refractivity contribution in [1.82, 2.24) is 0 Å². The molecular formula is C25H26N2O9. The average Bonchev–Trinajstić information content (AvgIpc) is 2.80. The summed E-state index contributed by atoms with van der Waals surface area (Å²) in [5.41, 5.74) is 1.41. The zero-order valence-electron chi connectivity index (χ0n) is 20.2. The lowest BCUT2D eigenvalue weighted by Crippen LogP contribution is -2.64. The molecule has 0 aliphatic carbocycles. The number of ether oxygens (including phenoxy) is 5. The van der Waals surface area contributed by atoms with Crippen molar-refractivity contribution in [3.05, 3.63) is 36.4 Å². The predicted octanol–water partition coefficient (Wildman–Crippen LogP) is 2.42. The first-order valence-corrected chi connectivity index (χ1v) is 11.3. The van der Waals surface area contributed by atoms with Crippen molar-refractivity contribution in [3.63, 3.8) is 0 Å². The Kier molecular flexibility index (Phi) is 7.20. The molecule has 0 unspecified atom stereocenters. The number of amidine groups is 1. The minimum Gasteiger partial charge on any atom is -0.463 e. The Labute approximate surface area is 206 Å². The number of carbonyl (C=O) groups is 4. The second-order valence-electron chi connectivity index (χ2n) is 8.42. The molecule has 1 saturated heterocycles. The van der Waals surface area contributed by atoms with E-state index in [1.807, 2.05) is 36.4 Å². The second kappa shape index (κ2) is 10.3. The molecule has 2 aliphatic heterocycles. The fourth-order valence-corrected chi connectivity index (χ4v) is 4.40. The Morgan fingerprint density at radius 1 is 0.833 bits per heavy atom. The number of esters is 4. The summed E-state index contributed by atoms with van der Waals surface area (Å²) in [4.78, 5) is 52.3. The maximum Gasteiger partial charge on any atom is 0.303 e. The molecular weight excluding hydrogens is 472 g/mol. The highest BCUT2D eigenvalue weighted by Gasteiger charge is 2.54. The quantitative estimate of drug-likeness (QED) is 0.467. The zero-order valence-corrected chi connectivity index (χ0v) is 20.2. The van der Waals surface area contributed by atoms with Gasteiger partial charge in [-0.25, -0.2) is 4.99 Å². The third-order valence-electron chi connectivity index (χ3n) is 5.65. The number of nitrogens with zero attached hydrogens (tertiary/aromatic N) is 1. The highest BCUT2D eigenvalue weighted by Crippen LogP contribution is 2.38. The number of hydrogen-bond acceptors (Lipinski definition) is 11. The summed E-state index contributed by atoms with van der Waals surface area (Å²) < 4.78 is 27.8. The van der Waals surface area contributed by atoms with E-state index < -0.39 is 54.4 Å². The smallest absolute Gasteiger partial charge is 0.303 e. The molecule has 0 aromatic heterocycles. The average molecular weight is 498 g/mol. The normalized spacial score (nSPS) is 24.7. The summed E-state index contributed by atoms with van der Waals surface area (Å²) in [6.45, 7) is 4.45. The standard InChI is InChI=1S/C25H26N2O9/c1-12(28)32-11-19-21(33-13(2)29)22(34-14(3)30)23(35-15(4)31)24(36-19)25-26-17-9-5-7-16-8-6-10-18(27-25)20(16)17/h5-10,19,21-24H,11H2,1-4H3,(H,26,27)/t19-,21-,22+,23+,24+/m1/s1. The Bertz CT molecular complexity index is 1240. The molecule has 4 rings (SSSR count). The summed E-state index contributed by atoms with van der Waals surface area (Å²) in [5.74, 6) is -2.38. The van der Waals surface area contributed by atoms with Crippen molar-refractivity contribution in [1.29, 1.82) is 0 Å². The van der Waals surface area contributed by atoms with E-state index in [-0.39, 0.29) is 12.4 Å². The third-order valence-corrected chi connectivity index (χ3v) is 5.65. The molecule has 0 radical (unpaired) electrons. The van der Waals surface area contributed by atoms with Crippen LogP contribution in [0.15, 0.2) is 41.4 Å². The molecule has 5 atom stereocenters. The fourth-order valence-electron chi connectivity index (χ4n) is 4.40. The molecule has 36 heavy (non-hydrogen) atoms. The van der Waals surface area contributed by atoms with E-state index in [0.29, 0.717) is 5.69 Å². The maximum absolute atomic E-state index is 12.1. The molecule has 11 nitrogen and oxygen atoms in total. The predicted molar refractivity (Wildman–Crippen MR) is 127 cm³/mol. The van der Waals surface area contributed by atoms with Crippen molar-refractivity contribution in [2.24, 2.45) is 4.99 Å². The van der Waals surface area contributed by atoms with E-state index in [4.69, 9.17) is 28.7 Å². The maximum atomic E-state index is 12.1. The Hall–Kier alpha value is -3.99. The van der Waals surface area contributed by atoms with E-state index in [1.165, 1.54) is 27.7 Å². The van der Waals surface area contributed by atoms with E-state index in [0.717, 1.165) is 16.5 Å². The monoisotopic (exact) mass is 498 g/mol. The number of aliphatic imine (C=N–C) groups is 1. The van der Waals surface area contributed by atoms with Crippen LogP contribution < -0.4 is 5.32 Å². The highest BCUT2D eigenvalue weighted by molar-refractivity contribution is 6.15. The zero-order chi connectivity index (χ0) is 26.0. The molecule has 11 heteroatoms. The van der Waals surface area contributed by atoms with Gasteiger partial charge in [0.2, 0.25) is 0 Å². The van der Waals surface area contributed by atoms with Crippen LogP contribution >= 0.6 is 0 Å². The van der Waals surface area contributed by atoms with Crippen molar-refractivity contribution >= 4 is 51.9 Å². The molecule has 1 fully saturated rings. The number of benzene rings is 2. The van der Waals surface area contributed by atoms with E-state index in [9.17, 15) is 19.2 Å². The van der Waals surface area contributed by atoms with Gasteiger partial charge in [0.15, 0.2) is 24.4 Å². The largest absolute Gasteiger partial charge is 0.463 e. The first kappa shape index (κ1) is 25.1. The van der Waals surface area contributed by atoms with Crippen LogP contribution in [-0.2, 0) is 42.9 Å². The van der Waals surface area contributed by atoms with Crippen molar-refractivity contribution in [2.45, 2.75) is 58.2 Å². The molecule has 2 aromatic carbocycles. The van der Waals surface area contributed by atoms with Crippen LogP contribution in [0.3, 0.4) is 0 Å².